The van der Waals surface area contributed by atoms with Crippen LogP contribution in [0.4, 0.5) is 0 Å². The summed E-state index contributed by atoms with van der Waals surface area (Å²) in [5.74, 6) is 0.448. The molecule has 102 valence electrons. The van der Waals surface area contributed by atoms with Crippen LogP contribution in [0.5, 0.6) is 0 Å². The third-order valence-corrected chi connectivity index (χ3v) is 3.73. The molecule has 0 saturated heterocycles. The van der Waals surface area contributed by atoms with Gasteiger partial charge in [0.15, 0.2) is 0 Å². The van der Waals surface area contributed by atoms with Crippen molar-refractivity contribution in [1.82, 2.24) is 10.3 Å². The van der Waals surface area contributed by atoms with Gasteiger partial charge in [0.1, 0.15) is 0 Å². The van der Waals surface area contributed by atoms with Crippen molar-refractivity contribution < 1.29 is 4.79 Å². The minimum atomic E-state index is 0.0644. The summed E-state index contributed by atoms with van der Waals surface area (Å²) >= 11 is 0. The summed E-state index contributed by atoms with van der Waals surface area (Å²) in [5, 5.41) is 3.07. The average Bonchev–Trinajstić information content (AvgIpc) is 3.33. The normalized spacial score (nSPS) is 15.7. The summed E-state index contributed by atoms with van der Waals surface area (Å²) < 4.78 is 0. The summed E-state index contributed by atoms with van der Waals surface area (Å²) in [6.07, 6.45) is 5.67. The van der Waals surface area contributed by atoms with E-state index in [0.717, 1.165) is 29.5 Å². The molecular formula is C17H18N2O. The molecule has 1 aromatic carbocycles. The van der Waals surface area contributed by atoms with E-state index in [1.807, 2.05) is 19.1 Å². The first kappa shape index (κ1) is 12.9. The van der Waals surface area contributed by atoms with E-state index in [-0.39, 0.29) is 17.9 Å². The zero-order valence-electron chi connectivity index (χ0n) is 11.5. The monoisotopic (exact) mass is 266 g/mol. The Bertz CT molecular complexity index is 588. The van der Waals surface area contributed by atoms with Crippen LogP contribution in [0.2, 0.25) is 0 Å². The SMILES string of the molecule is CC(NC(=O)C1CC1)c1ccc(-c2ccncc2)cc1. The molecule has 1 aliphatic carbocycles. The Balaban J connectivity index is 1.70. The van der Waals surface area contributed by atoms with Crippen molar-refractivity contribution in [2.45, 2.75) is 25.8 Å². The third kappa shape index (κ3) is 2.87. The van der Waals surface area contributed by atoms with Crippen LogP contribution in [0, 0.1) is 5.92 Å². The van der Waals surface area contributed by atoms with Gasteiger partial charge in [0, 0.05) is 18.3 Å². The molecule has 1 N–H and O–H groups in total. The average molecular weight is 266 g/mol. The smallest absolute Gasteiger partial charge is 0.223 e. The standard InChI is InChI=1S/C17H18N2O/c1-12(19-17(20)16-6-7-16)13-2-4-14(5-3-13)15-8-10-18-11-9-15/h2-5,8-12,16H,6-7H2,1H3,(H,19,20). The zero-order chi connectivity index (χ0) is 13.9. The Morgan fingerprint density at radius 3 is 2.30 bits per heavy atom. The summed E-state index contributed by atoms with van der Waals surface area (Å²) in [4.78, 5) is 15.8. The summed E-state index contributed by atoms with van der Waals surface area (Å²) in [6.45, 7) is 2.03. The first-order valence-electron chi connectivity index (χ1n) is 7.05. The minimum absolute atomic E-state index is 0.0644. The fraction of sp³-hybridized carbons (Fsp3) is 0.294. The fourth-order valence-corrected chi connectivity index (χ4v) is 2.27. The second kappa shape index (κ2) is 5.45. The van der Waals surface area contributed by atoms with E-state index in [0.29, 0.717) is 0 Å². The summed E-state index contributed by atoms with van der Waals surface area (Å²) in [5.41, 5.74) is 3.45. The van der Waals surface area contributed by atoms with Crippen LogP contribution in [0.1, 0.15) is 31.4 Å². The Morgan fingerprint density at radius 1 is 1.10 bits per heavy atom. The first-order valence-corrected chi connectivity index (χ1v) is 7.05. The molecule has 1 unspecified atom stereocenters. The van der Waals surface area contributed by atoms with E-state index in [2.05, 4.69) is 34.6 Å². The predicted molar refractivity (Wildman–Crippen MR) is 79.0 cm³/mol. The Hall–Kier alpha value is -2.16. The zero-order valence-corrected chi connectivity index (χ0v) is 11.5. The van der Waals surface area contributed by atoms with Crippen LogP contribution in [0.3, 0.4) is 0 Å². The molecule has 1 atom stereocenters. The minimum Gasteiger partial charge on any atom is -0.349 e. The Morgan fingerprint density at radius 2 is 1.70 bits per heavy atom. The molecule has 1 amide bonds. The van der Waals surface area contributed by atoms with Crippen LogP contribution in [0.25, 0.3) is 11.1 Å². The van der Waals surface area contributed by atoms with E-state index in [1.54, 1.807) is 12.4 Å². The van der Waals surface area contributed by atoms with E-state index in [4.69, 9.17) is 0 Å². The maximum Gasteiger partial charge on any atom is 0.223 e. The van der Waals surface area contributed by atoms with Crippen LogP contribution >= 0.6 is 0 Å². The first-order chi connectivity index (χ1) is 9.74. The highest BCUT2D eigenvalue weighted by Gasteiger charge is 2.30. The van der Waals surface area contributed by atoms with Crippen LogP contribution in [-0.4, -0.2) is 10.9 Å². The number of carbonyl (C=O) groups excluding carboxylic acids is 1. The van der Waals surface area contributed by atoms with Crippen molar-refractivity contribution in [2.24, 2.45) is 5.92 Å². The van der Waals surface area contributed by atoms with Gasteiger partial charge in [-0.3, -0.25) is 9.78 Å². The maximum absolute atomic E-state index is 11.8. The number of aromatic nitrogens is 1. The highest BCUT2D eigenvalue weighted by atomic mass is 16.2. The van der Waals surface area contributed by atoms with E-state index < -0.39 is 0 Å². The van der Waals surface area contributed by atoms with Gasteiger partial charge < -0.3 is 5.32 Å². The van der Waals surface area contributed by atoms with Gasteiger partial charge in [0.25, 0.3) is 0 Å². The second-order valence-corrected chi connectivity index (χ2v) is 5.36. The highest BCUT2D eigenvalue weighted by molar-refractivity contribution is 5.81. The molecular weight excluding hydrogens is 248 g/mol. The number of nitrogens with one attached hydrogen (secondary N) is 1. The predicted octanol–water partition coefficient (Wildman–Crippen LogP) is 3.34. The second-order valence-electron chi connectivity index (χ2n) is 5.36. The van der Waals surface area contributed by atoms with Gasteiger partial charge in [0.2, 0.25) is 5.91 Å². The van der Waals surface area contributed by atoms with Crippen molar-refractivity contribution in [3.05, 3.63) is 54.4 Å². The number of nitrogens with zero attached hydrogens (tertiary/aromatic N) is 1. The van der Waals surface area contributed by atoms with Gasteiger partial charge in [-0.1, -0.05) is 24.3 Å². The summed E-state index contributed by atoms with van der Waals surface area (Å²) in [6, 6.07) is 12.4. The molecule has 20 heavy (non-hydrogen) atoms. The van der Waals surface area contributed by atoms with Crippen molar-refractivity contribution in [3.8, 4) is 11.1 Å². The molecule has 0 spiro atoms. The highest BCUT2D eigenvalue weighted by Crippen LogP contribution is 2.30. The molecule has 0 radical (unpaired) electrons. The van der Waals surface area contributed by atoms with Gasteiger partial charge in [-0.15, -0.1) is 0 Å². The number of rotatable bonds is 4. The third-order valence-electron chi connectivity index (χ3n) is 3.73. The lowest BCUT2D eigenvalue weighted by atomic mass is 10.0. The van der Waals surface area contributed by atoms with Gasteiger partial charge in [-0.25, -0.2) is 0 Å². The van der Waals surface area contributed by atoms with Gasteiger partial charge in [-0.05, 0) is 48.6 Å². The molecule has 0 bridgehead atoms. The van der Waals surface area contributed by atoms with E-state index in [9.17, 15) is 4.79 Å². The topological polar surface area (TPSA) is 42.0 Å². The largest absolute Gasteiger partial charge is 0.349 e. The molecule has 1 saturated carbocycles. The molecule has 0 aliphatic heterocycles. The van der Waals surface area contributed by atoms with Crippen molar-refractivity contribution in [2.75, 3.05) is 0 Å². The number of hydrogen-bond donors (Lipinski definition) is 1. The Kier molecular flexibility index (Phi) is 3.50. The van der Waals surface area contributed by atoms with E-state index >= 15 is 0 Å². The maximum atomic E-state index is 11.8. The van der Waals surface area contributed by atoms with Crippen molar-refractivity contribution in [1.29, 1.82) is 0 Å². The number of carbonyl (C=O) groups is 1. The van der Waals surface area contributed by atoms with E-state index in [1.165, 1.54) is 0 Å². The molecule has 1 fully saturated rings. The number of amides is 1. The van der Waals surface area contributed by atoms with Crippen LogP contribution in [0.15, 0.2) is 48.8 Å². The summed E-state index contributed by atoms with van der Waals surface area (Å²) in [7, 11) is 0. The Labute approximate surface area is 119 Å². The molecule has 3 nitrogen and oxygen atoms in total. The quantitative estimate of drug-likeness (QED) is 0.922. The molecule has 3 heteroatoms. The van der Waals surface area contributed by atoms with Gasteiger partial charge in [-0.2, -0.15) is 0 Å². The van der Waals surface area contributed by atoms with Gasteiger partial charge >= 0.3 is 0 Å². The number of pyridine rings is 1. The van der Waals surface area contributed by atoms with Crippen molar-refractivity contribution in [3.63, 3.8) is 0 Å². The number of hydrogen-bond acceptors (Lipinski definition) is 2. The van der Waals surface area contributed by atoms with Crippen molar-refractivity contribution >= 4 is 5.91 Å². The fourth-order valence-electron chi connectivity index (χ4n) is 2.27. The van der Waals surface area contributed by atoms with Crippen LogP contribution in [-0.2, 0) is 4.79 Å². The van der Waals surface area contributed by atoms with Gasteiger partial charge in [0.05, 0.1) is 6.04 Å². The molecule has 1 aromatic heterocycles. The molecule has 1 aliphatic rings. The lowest BCUT2D eigenvalue weighted by molar-refractivity contribution is -0.122. The van der Waals surface area contributed by atoms with Crippen LogP contribution < -0.4 is 5.32 Å². The number of benzene rings is 1. The molecule has 3 rings (SSSR count). The lowest BCUT2D eigenvalue weighted by Gasteiger charge is -2.14. The lowest BCUT2D eigenvalue weighted by Crippen LogP contribution is -2.27. The molecule has 1 heterocycles. The molecule has 2 aromatic rings.